The van der Waals surface area contributed by atoms with Crippen LogP contribution in [-0.2, 0) is 14.8 Å². The van der Waals surface area contributed by atoms with Gasteiger partial charge >= 0.3 is 6.03 Å². The summed E-state index contributed by atoms with van der Waals surface area (Å²) in [4.78, 5) is 38.8. The third-order valence-electron chi connectivity index (χ3n) is 6.99. The number of rotatable bonds is 7. The van der Waals surface area contributed by atoms with Gasteiger partial charge in [-0.1, -0.05) is 25.1 Å². The van der Waals surface area contributed by atoms with E-state index in [4.69, 9.17) is 5.73 Å². The number of benzene rings is 2. The van der Waals surface area contributed by atoms with Crippen LogP contribution in [-0.4, -0.2) is 55.5 Å². The molecule has 1 atom stereocenters. The van der Waals surface area contributed by atoms with Gasteiger partial charge in [0.05, 0.1) is 5.69 Å². The third-order valence-corrected chi connectivity index (χ3v) is 8.40. The van der Waals surface area contributed by atoms with Crippen LogP contribution in [0.5, 0.6) is 0 Å². The van der Waals surface area contributed by atoms with Gasteiger partial charge in [-0.05, 0) is 67.5 Å². The SMILES string of the molecule is CCC1(CS(=O)(=O)Nc2cc(C(=O)N3CCC(c4ccc(N)cc4)CC3)ccc2C)NC(=O)NC1=O. The van der Waals surface area contributed by atoms with Crippen LogP contribution < -0.4 is 21.1 Å². The maximum Gasteiger partial charge on any atom is 0.322 e. The maximum absolute atomic E-state index is 13.2. The first-order chi connectivity index (χ1) is 17.0. The van der Waals surface area contributed by atoms with Gasteiger partial charge in [0.15, 0.2) is 0 Å². The number of nitrogens with one attached hydrogen (secondary N) is 3. The Hall–Kier alpha value is -3.60. The molecule has 4 rings (SSSR count). The number of likely N-dealkylation sites (tertiary alicyclic amines) is 1. The summed E-state index contributed by atoms with van der Waals surface area (Å²) in [6.45, 7) is 4.54. The fraction of sp³-hybridized carbons (Fsp3) is 0.400. The summed E-state index contributed by atoms with van der Waals surface area (Å²) in [7, 11) is -4.04. The molecule has 2 aliphatic rings. The molecule has 36 heavy (non-hydrogen) atoms. The second-order valence-corrected chi connectivity index (χ2v) is 11.2. The van der Waals surface area contributed by atoms with E-state index in [-0.39, 0.29) is 18.0 Å². The van der Waals surface area contributed by atoms with E-state index in [1.54, 1.807) is 30.9 Å². The Morgan fingerprint density at radius 2 is 1.81 bits per heavy atom. The Bertz CT molecular complexity index is 1290. The molecule has 192 valence electrons. The van der Waals surface area contributed by atoms with Gasteiger partial charge in [0.1, 0.15) is 11.3 Å². The molecule has 5 N–H and O–H groups in total. The molecule has 1 unspecified atom stereocenters. The molecule has 2 aromatic rings. The number of nitrogens with zero attached hydrogens (tertiary/aromatic N) is 1. The van der Waals surface area contributed by atoms with Gasteiger partial charge in [-0.15, -0.1) is 0 Å². The zero-order valence-corrected chi connectivity index (χ0v) is 21.2. The molecule has 2 fully saturated rings. The van der Waals surface area contributed by atoms with Crippen molar-refractivity contribution in [2.45, 2.75) is 44.6 Å². The predicted octanol–water partition coefficient (Wildman–Crippen LogP) is 2.33. The molecule has 0 saturated carbocycles. The molecule has 0 aromatic heterocycles. The number of amides is 4. The van der Waals surface area contributed by atoms with Crippen LogP contribution in [0.4, 0.5) is 16.2 Å². The number of nitrogen functional groups attached to an aromatic ring is 1. The molecular formula is C25H31N5O5S. The van der Waals surface area contributed by atoms with E-state index in [2.05, 4.69) is 15.4 Å². The lowest BCUT2D eigenvalue weighted by molar-refractivity contribution is -0.123. The lowest BCUT2D eigenvalue weighted by Crippen LogP contribution is -2.52. The minimum atomic E-state index is -4.04. The first-order valence-corrected chi connectivity index (χ1v) is 13.6. The summed E-state index contributed by atoms with van der Waals surface area (Å²) < 4.78 is 28.4. The van der Waals surface area contributed by atoms with Crippen LogP contribution in [0.15, 0.2) is 42.5 Å². The van der Waals surface area contributed by atoms with Gasteiger partial charge in [-0.2, -0.15) is 0 Å². The third kappa shape index (κ3) is 5.30. The first-order valence-electron chi connectivity index (χ1n) is 11.9. The summed E-state index contributed by atoms with van der Waals surface area (Å²) in [5.41, 5.74) is 7.43. The van der Waals surface area contributed by atoms with Crippen LogP contribution in [0.3, 0.4) is 0 Å². The van der Waals surface area contributed by atoms with Crippen LogP contribution >= 0.6 is 0 Å². The standard InChI is InChI=1S/C25H31N5O5S/c1-3-25(23(32)27-24(33)28-25)15-36(34,35)29-21-14-19(5-4-16(21)2)22(31)30-12-10-18(11-13-30)17-6-8-20(26)9-7-17/h4-9,14,18,29H,3,10-13,15,26H2,1-2H3,(H2,27,28,32,33). The van der Waals surface area contributed by atoms with Crippen molar-refractivity contribution in [1.82, 2.24) is 15.5 Å². The van der Waals surface area contributed by atoms with Crippen molar-refractivity contribution in [1.29, 1.82) is 0 Å². The molecule has 2 heterocycles. The fourth-order valence-corrected chi connectivity index (χ4v) is 6.42. The molecule has 2 aromatic carbocycles. The van der Waals surface area contributed by atoms with Crippen molar-refractivity contribution in [3.05, 3.63) is 59.2 Å². The Morgan fingerprint density at radius 1 is 1.14 bits per heavy atom. The second kappa shape index (κ2) is 9.81. The van der Waals surface area contributed by atoms with E-state index in [0.29, 0.717) is 30.1 Å². The van der Waals surface area contributed by atoms with Crippen LogP contribution in [0.2, 0.25) is 0 Å². The molecule has 2 aliphatic heterocycles. The Morgan fingerprint density at radius 3 is 2.39 bits per heavy atom. The summed E-state index contributed by atoms with van der Waals surface area (Å²) in [6.07, 6.45) is 1.76. The van der Waals surface area contributed by atoms with Crippen molar-refractivity contribution < 1.29 is 22.8 Å². The summed E-state index contributed by atoms with van der Waals surface area (Å²) in [5.74, 6) is -1.11. The number of imide groups is 1. The minimum absolute atomic E-state index is 0.106. The lowest BCUT2D eigenvalue weighted by Gasteiger charge is -2.32. The number of hydrogen-bond donors (Lipinski definition) is 4. The Kier molecular flexibility index (Phi) is 6.94. The van der Waals surface area contributed by atoms with Crippen LogP contribution in [0.25, 0.3) is 0 Å². The summed E-state index contributed by atoms with van der Waals surface area (Å²) in [5, 5.41) is 4.52. The van der Waals surface area contributed by atoms with E-state index in [1.807, 2.05) is 24.3 Å². The highest BCUT2D eigenvalue weighted by atomic mass is 32.2. The lowest BCUT2D eigenvalue weighted by atomic mass is 9.89. The van der Waals surface area contributed by atoms with Crippen molar-refractivity contribution in [2.75, 3.05) is 29.3 Å². The zero-order valence-electron chi connectivity index (χ0n) is 20.3. The normalized spacial score (nSPS) is 20.7. The van der Waals surface area contributed by atoms with E-state index < -0.39 is 33.3 Å². The van der Waals surface area contributed by atoms with Crippen molar-refractivity contribution in [3.63, 3.8) is 0 Å². The van der Waals surface area contributed by atoms with Gasteiger partial charge in [0, 0.05) is 24.3 Å². The van der Waals surface area contributed by atoms with Crippen LogP contribution in [0, 0.1) is 6.92 Å². The molecule has 11 heteroatoms. The van der Waals surface area contributed by atoms with Crippen molar-refractivity contribution in [3.8, 4) is 0 Å². The highest BCUT2D eigenvalue weighted by Crippen LogP contribution is 2.30. The number of carbonyl (C=O) groups excluding carboxylic acids is 3. The van der Waals surface area contributed by atoms with Gasteiger partial charge in [-0.25, -0.2) is 13.2 Å². The molecule has 0 aliphatic carbocycles. The quantitative estimate of drug-likeness (QED) is 0.330. The maximum atomic E-state index is 13.2. The van der Waals surface area contributed by atoms with E-state index in [9.17, 15) is 22.8 Å². The average Bonchev–Trinajstić information content (AvgIpc) is 3.12. The molecule has 0 spiro atoms. The highest BCUT2D eigenvalue weighted by molar-refractivity contribution is 7.92. The summed E-state index contributed by atoms with van der Waals surface area (Å²) in [6, 6.07) is 12.0. The van der Waals surface area contributed by atoms with Crippen molar-refractivity contribution in [2.24, 2.45) is 0 Å². The Labute approximate surface area is 210 Å². The number of carbonyl (C=O) groups is 3. The summed E-state index contributed by atoms with van der Waals surface area (Å²) >= 11 is 0. The molecule has 2 saturated heterocycles. The molecular weight excluding hydrogens is 482 g/mol. The largest absolute Gasteiger partial charge is 0.399 e. The van der Waals surface area contributed by atoms with Crippen molar-refractivity contribution >= 4 is 39.2 Å². The molecule has 0 bridgehead atoms. The number of urea groups is 1. The first kappa shape index (κ1) is 25.5. The molecule has 10 nitrogen and oxygen atoms in total. The number of hydrogen-bond acceptors (Lipinski definition) is 6. The second-order valence-electron chi connectivity index (χ2n) is 9.47. The number of nitrogens with two attached hydrogens (primary N) is 1. The number of piperidine rings is 1. The topological polar surface area (TPSA) is 151 Å². The van der Waals surface area contributed by atoms with Gasteiger partial charge in [-0.3, -0.25) is 19.6 Å². The fourth-order valence-electron chi connectivity index (χ4n) is 4.74. The van der Waals surface area contributed by atoms with Gasteiger partial charge in [0.2, 0.25) is 10.0 Å². The van der Waals surface area contributed by atoms with Crippen LogP contribution in [0.1, 0.15) is 53.6 Å². The molecule has 0 radical (unpaired) electrons. The average molecular weight is 514 g/mol. The molecule has 4 amide bonds. The zero-order chi connectivity index (χ0) is 26.1. The van der Waals surface area contributed by atoms with E-state index >= 15 is 0 Å². The minimum Gasteiger partial charge on any atom is -0.399 e. The monoisotopic (exact) mass is 513 g/mol. The van der Waals surface area contributed by atoms with Gasteiger partial charge in [0.25, 0.3) is 11.8 Å². The highest BCUT2D eigenvalue weighted by Gasteiger charge is 2.48. The Balaban J connectivity index is 1.44. The predicted molar refractivity (Wildman–Crippen MR) is 137 cm³/mol. The number of aryl methyl sites for hydroxylation is 1. The number of sulfonamides is 1. The van der Waals surface area contributed by atoms with E-state index in [0.717, 1.165) is 18.5 Å². The van der Waals surface area contributed by atoms with E-state index in [1.165, 1.54) is 11.6 Å². The van der Waals surface area contributed by atoms with Gasteiger partial charge < -0.3 is 16.0 Å². The number of anilines is 2. The smallest absolute Gasteiger partial charge is 0.322 e.